The summed E-state index contributed by atoms with van der Waals surface area (Å²) in [5, 5.41) is 9.85. The number of hydrogen-bond donors (Lipinski definition) is 2. The average Bonchev–Trinajstić information content (AvgIpc) is 3.45. The van der Waals surface area contributed by atoms with Gasteiger partial charge in [-0.3, -0.25) is 23.4 Å². The van der Waals surface area contributed by atoms with Crippen LogP contribution in [0.1, 0.15) is 342 Å². The number of ether oxygens (including phenoxy) is 3. The molecule has 0 fully saturated rings. The number of unbranched alkanes of at least 4 members (excludes halogenated alkanes) is 41. The highest BCUT2D eigenvalue weighted by Gasteiger charge is 2.28. The number of hydrogen-bond acceptors (Lipinski definition) is 10. The van der Waals surface area contributed by atoms with Gasteiger partial charge in [-0.1, -0.05) is 308 Å². The summed E-state index contributed by atoms with van der Waals surface area (Å²) < 4.78 is 39.8. The van der Waals surface area contributed by atoms with Crippen molar-refractivity contribution in [2.24, 2.45) is 0 Å². The number of aliphatic hydroxyl groups excluding tert-OH is 1. The largest absolute Gasteiger partial charge is 0.472 e. The first-order valence-corrected chi connectivity index (χ1v) is 35.4. The Bertz CT molecular complexity index is 1480. The van der Waals surface area contributed by atoms with E-state index in [0.29, 0.717) is 19.3 Å². The van der Waals surface area contributed by atoms with Crippen molar-refractivity contribution in [1.82, 2.24) is 0 Å². The molecule has 0 aliphatic carbocycles. The normalized spacial score (nSPS) is 13.4. The van der Waals surface area contributed by atoms with E-state index in [-0.39, 0.29) is 25.9 Å². The monoisotopic (exact) mass is 1150 g/mol. The minimum atomic E-state index is -4.75. The summed E-state index contributed by atoms with van der Waals surface area (Å²) in [5.74, 6) is -1.45. The van der Waals surface area contributed by atoms with E-state index in [2.05, 4.69) is 57.2 Å². The number of rotatable bonds is 64. The highest BCUT2D eigenvalue weighted by Crippen LogP contribution is 2.43. The molecule has 0 saturated carbocycles. The van der Waals surface area contributed by atoms with Crippen molar-refractivity contribution in [2.75, 3.05) is 26.4 Å². The summed E-state index contributed by atoms with van der Waals surface area (Å²) in [6.45, 7) is 4.61. The lowest BCUT2D eigenvalue weighted by molar-refractivity contribution is -0.161. The van der Waals surface area contributed by atoms with Gasteiger partial charge in [0.15, 0.2) is 6.10 Å². The van der Waals surface area contributed by atoms with Crippen LogP contribution in [0.25, 0.3) is 0 Å². The van der Waals surface area contributed by atoms with Crippen LogP contribution in [0, 0.1) is 0 Å². The lowest BCUT2D eigenvalue weighted by Gasteiger charge is -2.21. The Morgan fingerprint density at radius 1 is 0.362 bits per heavy atom. The number of phosphoric ester groups is 1. The third-order valence-corrected chi connectivity index (χ3v) is 16.0. The number of phosphoric acid groups is 1. The molecule has 0 heterocycles. The Hall–Kier alpha value is -2.30. The van der Waals surface area contributed by atoms with Crippen LogP contribution in [0.5, 0.6) is 0 Å². The minimum absolute atomic E-state index is 0.161. The summed E-state index contributed by atoms with van der Waals surface area (Å²) in [6, 6.07) is 0. The van der Waals surface area contributed by atoms with Crippen LogP contribution in [-0.2, 0) is 42.2 Å². The van der Waals surface area contributed by atoms with Gasteiger partial charge in [-0.15, -0.1) is 0 Å². The Kier molecular flexibility index (Phi) is 60.9. The van der Waals surface area contributed by atoms with Crippen molar-refractivity contribution in [3.63, 3.8) is 0 Å². The highest BCUT2D eigenvalue weighted by atomic mass is 31.2. The number of allylic oxidation sites excluding steroid dienone is 6. The quantitative estimate of drug-likeness (QED) is 0.0197. The van der Waals surface area contributed by atoms with E-state index in [4.69, 9.17) is 23.3 Å². The lowest BCUT2D eigenvalue weighted by atomic mass is 10.0. The maximum absolute atomic E-state index is 13.0. The van der Waals surface area contributed by atoms with Crippen LogP contribution < -0.4 is 0 Å². The first-order valence-electron chi connectivity index (χ1n) is 33.9. The average molecular weight is 1150 g/mol. The second kappa shape index (κ2) is 62.7. The Morgan fingerprint density at radius 2 is 0.650 bits per heavy atom. The van der Waals surface area contributed by atoms with Crippen LogP contribution in [-0.4, -0.2) is 66.5 Å². The van der Waals surface area contributed by atoms with Crippen LogP contribution in [0.2, 0.25) is 0 Å². The van der Waals surface area contributed by atoms with Crippen molar-refractivity contribution >= 4 is 25.7 Å². The van der Waals surface area contributed by atoms with Crippen LogP contribution in [0.4, 0.5) is 0 Å². The van der Waals surface area contributed by atoms with Gasteiger partial charge < -0.3 is 24.2 Å². The van der Waals surface area contributed by atoms with E-state index in [9.17, 15) is 28.9 Å². The molecule has 470 valence electrons. The van der Waals surface area contributed by atoms with Crippen molar-refractivity contribution in [2.45, 2.75) is 354 Å². The maximum Gasteiger partial charge on any atom is 0.472 e. The first-order chi connectivity index (χ1) is 39.2. The molecule has 0 rings (SSSR count). The van der Waals surface area contributed by atoms with E-state index >= 15 is 0 Å². The molecule has 0 aliphatic rings. The third kappa shape index (κ3) is 60.3. The summed E-state index contributed by atoms with van der Waals surface area (Å²) in [7, 11) is -4.75. The van der Waals surface area contributed by atoms with Crippen LogP contribution in [0.15, 0.2) is 36.5 Å². The molecule has 3 atom stereocenters. The smallest absolute Gasteiger partial charge is 0.462 e. The zero-order chi connectivity index (χ0) is 58.3. The molecular weight excluding hydrogens is 1020 g/mol. The number of carbonyl (C=O) groups excluding carboxylic acids is 3. The number of carbonyl (C=O) groups is 3. The van der Waals surface area contributed by atoms with Crippen molar-refractivity contribution in [3.05, 3.63) is 36.5 Å². The standard InChI is InChI=1S/C68H127O11P/c1-4-7-10-13-16-19-22-25-28-30-32-34-37-39-42-45-48-51-54-57-66(70)75-61-65(79-68(72)59-56-53-50-47-44-41-38-35-33-31-29-26-23-20-17-14-11-8-5-2)63-77-80(73,74)76-62-64(60-69)78-67(71)58-55-52-49-46-43-40-36-27-24-21-18-15-12-9-6-3/h9,12,18,21,27,36,64-65,69H,4-8,10-11,13-17,19-20,22-26,28-35,37-63H2,1-3H3,(H,73,74)/b12-9-,21-18-,36-27-. The van der Waals surface area contributed by atoms with Gasteiger partial charge in [0.1, 0.15) is 12.7 Å². The van der Waals surface area contributed by atoms with Gasteiger partial charge >= 0.3 is 25.7 Å². The molecule has 0 amide bonds. The molecule has 11 nitrogen and oxygen atoms in total. The summed E-state index contributed by atoms with van der Waals surface area (Å²) in [4.78, 5) is 48.8. The highest BCUT2D eigenvalue weighted by molar-refractivity contribution is 7.47. The van der Waals surface area contributed by atoms with Gasteiger partial charge in [0.2, 0.25) is 0 Å². The van der Waals surface area contributed by atoms with Gasteiger partial charge in [-0.05, 0) is 51.4 Å². The minimum Gasteiger partial charge on any atom is -0.462 e. The summed E-state index contributed by atoms with van der Waals surface area (Å²) in [5.41, 5.74) is 0. The summed E-state index contributed by atoms with van der Waals surface area (Å²) in [6.07, 6.45) is 68.1. The van der Waals surface area contributed by atoms with Crippen molar-refractivity contribution in [1.29, 1.82) is 0 Å². The SMILES string of the molecule is CC/C=C\C/C=C\C/C=C\CCCCCCCC(=O)OC(CO)COP(=O)(O)OCC(COC(=O)CCCCCCCCCCCCCCCCCCCCC)OC(=O)CCCCCCCCCCCCCCCCCCCCC. The third-order valence-electron chi connectivity index (χ3n) is 15.1. The fraction of sp³-hybridized carbons (Fsp3) is 0.868. The van der Waals surface area contributed by atoms with Crippen LogP contribution >= 0.6 is 7.82 Å². The fourth-order valence-electron chi connectivity index (χ4n) is 9.96. The zero-order valence-electron chi connectivity index (χ0n) is 52.3. The van der Waals surface area contributed by atoms with Crippen molar-refractivity contribution in [3.8, 4) is 0 Å². The molecule has 0 aromatic carbocycles. The van der Waals surface area contributed by atoms with Gasteiger partial charge in [0.25, 0.3) is 0 Å². The summed E-state index contributed by atoms with van der Waals surface area (Å²) >= 11 is 0. The van der Waals surface area contributed by atoms with Gasteiger partial charge in [0, 0.05) is 19.3 Å². The van der Waals surface area contributed by atoms with Gasteiger partial charge in [0.05, 0.1) is 19.8 Å². The first kappa shape index (κ1) is 77.7. The molecule has 0 aliphatic heterocycles. The predicted octanol–water partition coefficient (Wildman–Crippen LogP) is 20.7. The molecule has 12 heteroatoms. The van der Waals surface area contributed by atoms with E-state index in [1.165, 1.54) is 193 Å². The molecule has 0 aromatic heterocycles. The second-order valence-electron chi connectivity index (χ2n) is 23.0. The van der Waals surface area contributed by atoms with Crippen LogP contribution in [0.3, 0.4) is 0 Å². The predicted molar refractivity (Wildman–Crippen MR) is 335 cm³/mol. The Morgan fingerprint density at radius 3 is 1.00 bits per heavy atom. The van der Waals surface area contributed by atoms with E-state index < -0.39 is 57.8 Å². The molecule has 2 N–H and O–H groups in total. The van der Waals surface area contributed by atoms with E-state index in [1.54, 1.807) is 0 Å². The molecule has 0 spiro atoms. The Labute approximate surface area is 492 Å². The second-order valence-corrected chi connectivity index (χ2v) is 24.4. The molecule has 3 unspecified atom stereocenters. The number of aliphatic hydroxyl groups is 1. The molecular formula is C68H127O11P. The van der Waals surface area contributed by atoms with E-state index in [0.717, 1.165) is 89.9 Å². The van der Waals surface area contributed by atoms with Crippen molar-refractivity contribution < 1.29 is 52.2 Å². The molecule has 0 radical (unpaired) electrons. The fourth-order valence-corrected chi connectivity index (χ4v) is 10.7. The lowest BCUT2D eigenvalue weighted by Crippen LogP contribution is -2.30. The topological polar surface area (TPSA) is 155 Å². The Balaban J connectivity index is 4.65. The molecule has 0 aromatic rings. The zero-order valence-corrected chi connectivity index (χ0v) is 53.2. The molecule has 0 bridgehead atoms. The van der Waals surface area contributed by atoms with Gasteiger partial charge in [-0.2, -0.15) is 0 Å². The number of esters is 3. The molecule has 80 heavy (non-hydrogen) atoms. The molecule has 0 saturated heterocycles. The van der Waals surface area contributed by atoms with E-state index in [1.807, 2.05) is 0 Å². The van der Waals surface area contributed by atoms with Gasteiger partial charge in [-0.25, -0.2) is 4.57 Å². The maximum atomic E-state index is 13.0.